The molecule has 5 heteroatoms. The molecule has 1 aliphatic rings. The monoisotopic (exact) mass is 298 g/mol. The Bertz CT molecular complexity index is 481. The quantitative estimate of drug-likeness (QED) is 0.848. The lowest BCUT2D eigenvalue weighted by molar-refractivity contribution is -0.0343. The molecule has 0 spiro atoms. The van der Waals surface area contributed by atoms with Gasteiger partial charge in [0, 0.05) is 5.56 Å². The van der Waals surface area contributed by atoms with E-state index < -0.39 is 5.60 Å². The number of ether oxygens (including phenoxy) is 2. The number of hydrogen-bond donors (Lipinski definition) is 1. The molecule has 0 heterocycles. The molecule has 0 amide bonds. The van der Waals surface area contributed by atoms with Crippen LogP contribution in [-0.2, 0) is 0 Å². The average molecular weight is 299 g/mol. The first-order valence-electron chi connectivity index (χ1n) is 6.76. The maximum absolute atomic E-state index is 10.8. The molecule has 20 heavy (non-hydrogen) atoms. The minimum Gasteiger partial charge on any atom is -0.493 e. The van der Waals surface area contributed by atoms with Crippen LogP contribution >= 0.6 is 11.6 Å². The molecule has 1 fully saturated rings. The highest BCUT2D eigenvalue weighted by atomic mass is 35.5. The second-order valence-electron chi connectivity index (χ2n) is 5.23. The molecule has 0 atom stereocenters. The van der Waals surface area contributed by atoms with Crippen molar-refractivity contribution >= 4 is 17.9 Å². The number of rotatable bonds is 5. The van der Waals surface area contributed by atoms with Gasteiger partial charge in [0.15, 0.2) is 11.5 Å². The van der Waals surface area contributed by atoms with Crippen LogP contribution in [0.5, 0.6) is 11.5 Å². The number of benzene rings is 1. The van der Waals surface area contributed by atoms with Crippen molar-refractivity contribution in [1.82, 2.24) is 0 Å². The summed E-state index contributed by atoms with van der Waals surface area (Å²) in [5.74, 6) is 0.776. The van der Waals surface area contributed by atoms with Gasteiger partial charge in [-0.2, -0.15) is 0 Å². The summed E-state index contributed by atoms with van der Waals surface area (Å²) >= 11 is 6.11. The van der Waals surface area contributed by atoms with E-state index in [0.29, 0.717) is 28.4 Å². The van der Waals surface area contributed by atoms with Gasteiger partial charge in [-0.25, -0.2) is 0 Å². The Labute approximate surface area is 123 Å². The number of methoxy groups -OCH3 is 1. The molecule has 1 aromatic carbocycles. The highest BCUT2D eigenvalue weighted by molar-refractivity contribution is 6.32. The van der Waals surface area contributed by atoms with Crippen molar-refractivity contribution in [3.63, 3.8) is 0 Å². The summed E-state index contributed by atoms with van der Waals surface area (Å²) in [4.78, 5) is 10.8. The first kappa shape index (κ1) is 15.1. The lowest BCUT2D eigenvalue weighted by Gasteiger charge is -2.32. The Morgan fingerprint density at radius 2 is 2.05 bits per heavy atom. The third-order valence-electron chi connectivity index (χ3n) is 3.66. The van der Waals surface area contributed by atoms with Crippen LogP contribution in [0.3, 0.4) is 0 Å². The van der Waals surface area contributed by atoms with Gasteiger partial charge in [-0.15, -0.1) is 0 Å². The molecular formula is C15H19ClO4. The number of aliphatic hydroxyl groups is 1. The minimum atomic E-state index is -0.796. The van der Waals surface area contributed by atoms with Gasteiger partial charge >= 0.3 is 0 Å². The van der Waals surface area contributed by atoms with E-state index in [1.807, 2.05) is 0 Å². The van der Waals surface area contributed by atoms with Crippen molar-refractivity contribution in [1.29, 1.82) is 0 Å². The maximum atomic E-state index is 10.8. The largest absolute Gasteiger partial charge is 0.493 e. The maximum Gasteiger partial charge on any atom is 0.179 e. The zero-order valence-corrected chi connectivity index (χ0v) is 12.3. The summed E-state index contributed by atoms with van der Waals surface area (Å²) in [6, 6.07) is 3.09. The van der Waals surface area contributed by atoms with E-state index in [4.69, 9.17) is 21.1 Å². The van der Waals surface area contributed by atoms with Gasteiger partial charge in [-0.1, -0.05) is 30.9 Å². The van der Waals surface area contributed by atoms with Gasteiger partial charge in [0.25, 0.3) is 0 Å². The van der Waals surface area contributed by atoms with Crippen LogP contribution in [0.15, 0.2) is 12.1 Å². The number of carbonyl (C=O) groups is 1. The Morgan fingerprint density at radius 1 is 1.35 bits per heavy atom. The molecule has 0 bridgehead atoms. The highest BCUT2D eigenvalue weighted by Crippen LogP contribution is 2.37. The first-order chi connectivity index (χ1) is 9.58. The topological polar surface area (TPSA) is 55.8 Å². The van der Waals surface area contributed by atoms with Crippen LogP contribution < -0.4 is 9.47 Å². The molecule has 2 rings (SSSR count). The lowest BCUT2D eigenvalue weighted by Crippen LogP contribution is -2.38. The molecular weight excluding hydrogens is 280 g/mol. The second-order valence-corrected chi connectivity index (χ2v) is 5.63. The van der Waals surface area contributed by atoms with E-state index in [2.05, 4.69) is 0 Å². The number of carbonyl (C=O) groups excluding carboxylic acids is 1. The third-order valence-corrected chi connectivity index (χ3v) is 3.94. The summed E-state index contributed by atoms with van der Waals surface area (Å²) < 4.78 is 10.9. The van der Waals surface area contributed by atoms with Gasteiger partial charge in [0.1, 0.15) is 12.9 Å². The fourth-order valence-corrected chi connectivity index (χ4v) is 2.78. The first-order valence-corrected chi connectivity index (χ1v) is 7.14. The fourth-order valence-electron chi connectivity index (χ4n) is 2.51. The van der Waals surface area contributed by atoms with E-state index in [1.54, 1.807) is 6.07 Å². The Morgan fingerprint density at radius 3 is 2.65 bits per heavy atom. The smallest absolute Gasteiger partial charge is 0.179 e. The summed E-state index contributed by atoms with van der Waals surface area (Å²) in [6.07, 6.45) is 5.34. The van der Waals surface area contributed by atoms with Gasteiger partial charge in [-0.05, 0) is 25.0 Å². The minimum absolute atomic E-state index is 0.184. The Balaban J connectivity index is 2.14. The van der Waals surface area contributed by atoms with E-state index in [-0.39, 0.29) is 6.61 Å². The van der Waals surface area contributed by atoms with E-state index in [1.165, 1.54) is 13.2 Å². The van der Waals surface area contributed by atoms with Gasteiger partial charge in [0.05, 0.1) is 17.7 Å². The van der Waals surface area contributed by atoms with Crippen molar-refractivity contribution in [2.24, 2.45) is 0 Å². The average Bonchev–Trinajstić information content (AvgIpc) is 2.46. The van der Waals surface area contributed by atoms with Crippen molar-refractivity contribution in [2.75, 3.05) is 13.7 Å². The molecule has 0 radical (unpaired) electrons. The van der Waals surface area contributed by atoms with Crippen LogP contribution in [0, 0.1) is 0 Å². The van der Waals surface area contributed by atoms with Gasteiger partial charge < -0.3 is 14.6 Å². The predicted molar refractivity (Wildman–Crippen MR) is 76.9 cm³/mol. The molecule has 4 nitrogen and oxygen atoms in total. The summed E-state index contributed by atoms with van der Waals surface area (Å²) in [5.41, 5.74) is -0.369. The second kappa shape index (κ2) is 6.46. The standard InChI is InChI=1S/C15H19ClO4/c1-19-13-8-11(9-17)7-12(16)14(13)20-10-15(18)5-3-2-4-6-15/h7-9,18H,2-6,10H2,1H3. The van der Waals surface area contributed by atoms with Crippen LogP contribution in [0.4, 0.5) is 0 Å². The van der Waals surface area contributed by atoms with Crippen molar-refractivity contribution in [3.05, 3.63) is 22.7 Å². The van der Waals surface area contributed by atoms with Crippen molar-refractivity contribution in [2.45, 2.75) is 37.7 Å². The number of aldehydes is 1. The molecule has 1 N–H and O–H groups in total. The molecule has 0 aliphatic heterocycles. The zero-order valence-electron chi connectivity index (χ0n) is 11.5. The highest BCUT2D eigenvalue weighted by Gasteiger charge is 2.30. The molecule has 1 aromatic rings. The van der Waals surface area contributed by atoms with E-state index >= 15 is 0 Å². The van der Waals surface area contributed by atoms with Crippen LogP contribution in [0.2, 0.25) is 5.02 Å². The molecule has 1 aliphatic carbocycles. The third kappa shape index (κ3) is 3.44. The van der Waals surface area contributed by atoms with Crippen LogP contribution in [0.25, 0.3) is 0 Å². The number of hydrogen-bond acceptors (Lipinski definition) is 4. The van der Waals surface area contributed by atoms with E-state index in [0.717, 1.165) is 32.1 Å². The van der Waals surface area contributed by atoms with Crippen LogP contribution in [-0.4, -0.2) is 30.7 Å². The van der Waals surface area contributed by atoms with Crippen LogP contribution in [0.1, 0.15) is 42.5 Å². The van der Waals surface area contributed by atoms with E-state index in [9.17, 15) is 9.90 Å². The lowest BCUT2D eigenvalue weighted by atomic mass is 9.85. The summed E-state index contributed by atoms with van der Waals surface area (Å²) in [7, 11) is 1.49. The van der Waals surface area contributed by atoms with Gasteiger partial charge in [-0.3, -0.25) is 4.79 Å². The summed E-state index contributed by atoms with van der Waals surface area (Å²) in [5, 5.41) is 10.7. The fraction of sp³-hybridized carbons (Fsp3) is 0.533. The zero-order chi connectivity index (χ0) is 14.6. The van der Waals surface area contributed by atoms with Crippen molar-refractivity contribution < 1.29 is 19.4 Å². The molecule has 110 valence electrons. The molecule has 0 aromatic heterocycles. The summed E-state index contributed by atoms with van der Waals surface area (Å²) in [6.45, 7) is 0.184. The molecule has 0 unspecified atom stereocenters. The number of halogens is 1. The predicted octanol–water partition coefficient (Wildman–Crippen LogP) is 3.24. The SMILES string of the molecule is COc1cc(C=O)cc(Cl)c1OCC1(O)CCCCC1. The Kier molecular flexibility index (Phi) is 4.89. The van der Waals surface area contributed by atoms with Gasteiger partial charge in [0.2, 0.25) is 0 Å². The Hall–Kier alpha value is -1.26. The van der Waals surface area contributed by atoms with Crippen molar-refractivity contribution in [3.8, 4) is 11.5 Å². The molecule has 0 saturated heterocycles. The molecule has 1 saturated carbocycles. The normalized spacial score (nSPS) is 17.6.